The molecule has 1 atom stereocenters. The van der Waals surface area contributed by atoms with Gasteiger partial charge in [-0.05, 0) is 29.2 Å². The van der Waals surface area contributed by atoms with Crippen LogP contribution in [0, 0.1) is 0 Å². The van der Waals surface area contributed by atoms with E-state index in [1.165, 1.54) is 11.1 Å². The fourth-order valence-electron chi connectivity index (χ4n) is 2.69. The van der Waals surface area contributed by atoms with Gasteiger partial charge in [0.2, 0.25) is 5.91 Å². The van der Waals surface area contributed by atoms with Crippen molar-refractivity contribution in [3.8, 4) is 0 Å². The lowest BCUT2D eigenvalue weighted by atomic mass is 9.90. The lowest BCUT2D eigenvalue weighted by Crippen LogP contribution is -2.30. The van der Waals surface area contributed by atoms with Gasteiger partial charge in [0, 0.05) is 18.4 Å². The van der Waals surface area contributed by atoms with Crippen LogP contribution in [0.2, 0.25) is 0 Å². The lowest BCUT2D eigenvalue weighted by Gasteiger charge is -2.27. The highest BCUT2D eigenvalue weighted by molar-refractivity contribution is 5.76. The summed E-state index contributed by atoms with van der Waals surface area (Å²) in [6.07, 6.45) is 3.08. The maximum Gasteiger partial charge on any atom is 0.223 e. The van der Waals surface area contributed by atoms with Crippen LogP contribution in [-0.4, -0.2) is 17.4 Å². The van der Waals surface area contributed by atoms with Crippen LogP contribution in [-0.2, 0) is 17.6 Å². The summed E-state index contributed by atoms with van der Waals surface area (Å²) in [4.78, 5) is 15.2. The van der Waals surface area contributed by atoms with E-state index in [0.717, 1.165) is 18.5 Å². The molecule has 0 saturated carbocycles. The van der Waals surface area contributed by atoms with Gasteiger partial charge in [0.15, 0.2) is 0 Å². The van der Waals surface area contributed by atoms with Gasteiger partial charge < -0.3 is 11.1 Å². The molecule has 0 radical (unpaired) electrons. The Morgan fingerprint density at radius 3 is 2.90 bits per heavy atom. The number of aromatic nitrogens is 1. The molecule has 3 N–H and O–H groups in total. The third-order valence-corrected chi connectivity index (χ3v) is 3.65. The topological polar surface area (TPSA) is 68.0 Å². The minimum Gasteiger partial charge on any atom is -0.369 e. The second-order valence-corrected chi connectivity index (χ2v) is 5.06. The second-order valence-electron chi connectivity index (χ2n) is 5.06. The van der Waals surface area contributed by atoms with Gasteiger partial charge in [-0.25, -0.2) is 0 Å². The Kier molecular flexibility index (Phi) is 3.48. The maximum absolute atomic E-state index is 10.9. The largest absolute Gasteiger partial charge is 0.369 e. The van der Waals surface area contributed by atoms with Crippen molar-refractivity contribution in [1.82, 2.24) is 10.3 Å². The summed E-state index contributed by atoms with van der Waals surface area (Å²) >= 11 is 0. The van der Waals surface area contributed by atoms with Crippen molar-refractivity contribution in [2.45, 2.75) is 18.9 Å². The Bertz CT molecular complexity index is 622. The molecule has 20 heavy (non-hydrogen) atoms. The highest BCUT2D eigenvalue weighted by Crippen LogP contribution is 2.28. The van der Waals surface area contributed by atoms with Crippen molar-refractivity contribution in [2.75, 3.05) is 6.54 Å². The first-order valence-corrected chi connectivity index (χ1v) is 6.78. The minimum absolute atomic E-state index is 0.176. The minimum atomic E-state index is -0.355. The normalized spacial score (nSPS) is 17.5. The number of nitrogens with zero attached hydrogens (tertiary/aromatic N) is 1. The predicted molar refractivity (Wildman–Crippen MR) is 77.1 cm³/mol. The molecule has 3 rings (SSSR count). The Hall–Kier alpha value is -2.20. The molecular weight excluding hydrogens is 250 g/mol. The van der Waals surface area contributed by atoms with Gasteiger partial charge >= 0.3 is 0 Å². The fourth-order valence-corrected chi connectivity index (χ4v) is 2.69. The van der Waals surface area contributed by atoms with Crippen molar-refractivity contribution in [1.29, 1.82) is 0 Å². The number of nitrogens with one attached hydrogen (secondary N) is 1. The molecule has 4 nitrogen and oxygen atoms in total. The molecule has 1 aromatic carbocycles. The van der Waals surface area contributed by atoms with E-state index in [4.69, 9.17) is 5.73 Å². The second kappa shape index (κ2) is 5.43. The van der Waals surface area contributed by atoms with E-state index >= 15 is 0 Å². The Labute approximate surface area is 118 Å². The lowest BCUT2D eigenvalue weighted by molar-refractivity contribution is -0.117. The Morgan fingerprint density at radius 1 is 1.30 bits per heavy atom. The zero-order valence-electron chi connectivity index (χ0n) is 11.2. The number of carbonyl (C=O) groups is 1. The molecule has 0 bridgehead atoms. The van der Waals surface area contributed by atoms with E-state index < -0.39 is 0 Å². The smallest absolute Gasteiger partial charge is 0.223 e. The number of benzene rings is 1. The van der Waals surface area contributed by atoms with Crippen LogP contribution in [0.1, 0.15) is 28.4 Å². The van der Waals surface area contributed by atoms with Gasteiger partial charge in [-0.1, -0.05) is 30.3 Å². The van der Waals surface area contributed by atoms with Crippen LogP contribution in [0.4, 0.5) is 0 Å². The van der Waals surface area contributed by atoms with E-state index in [0.29, 0.717) is 5.69 Å². The number of amides is 1. The quantitative estimate of drug-likeness (QED) is 0.882. The van der Waals surface area contributed by atoms with Crippen LogP contribution in [0.15, 0.2) is 42.6 Å². The number of hydrogen-bond acceptors (Lipinski definition) is 3. The van der Waals surface area contributed by atoms with Crippen LogP contribution in [0.25, 0.3) is 0 Å². The Morgan fingerprint density at radius 2 is 2.15 bits per heavy atom. The van der Waals surface area contributed by atoms with E-state index in [1.54, 1.807) is 0 Å². The van der Waals surface area contributed by atoms with Crippen LogP contribution in [0.3, 0.4) is 0 Å². The molecule has 4 heteroatoms. The number of nitrogens with two attached hydrogens (primary N) is 1. The standard InChI is InChI=1S/C16H17N3O/c17-15(20)9-13-6-5-12(10-19-13)16-14-4-2-1-3-11(14)7-8-18-16/h1-6,10,16,18H,7-9H2,(H2,17,20). The van der Waals surface area contributed by atoms with Crippen molar-refractivity contribution in [2.24, 2.45) is 5.73 Å². The van der Waals surface area contributed by atoms with Crippen molar-refractivity contribution < 1.29 is 4.79 Å². The summed E-state index contributed by atoms with van der Waals surface area (Å²) in [5.41, 5.74) is 9.70. The van der Waals surface area contributed by atoms with E-state index in [9.17, 15) is 4.79 Å². The molecule has 1 aliphatic heterocycles. The van der Waals surface area contributed by atoms with Gasteiger partial charge in [0.25, 0.3) is 0 Å². The molecule has 1 aliphatic rings. The van der Waals surface area contributed by atoms with Crippen LogP contribution >= 0.6 is 0 Å². The summed E-state index contributed by atoms with van der Waals surface area (Å²) in [5.74, 6) is -0.355. The van der Waals surface area contributed by atoms with Crippen molar-refractivity contribution in [3.05, 3.63) is 65.0 Å². The average Bonchev–Trinajstić information content (AvgIpc) is 2.47. The van der Waals surface area contributed by atoms with Gasteiger partial charge in [0.1, 0.15) is 0 Å². The highest BCUT2D eigenvalue weighted by atomic mass is 16.1. The molecule has 2 aromatic rings. The van der Waals surface area contributed by atoms with Crippen molar-refractivity contribution in [3.63, 3.8) is 0 Å². The van der Waals surface area contributed by atoms with Crippen LogP contribution in [0.5, 0.6) is 0 Å². The molecule has 2 heterocycles. The molecule has 102 valence electrons. The zero-order valence-corrected chi connectivity index (χ0v) is 11.2. The zero-order chi connectivity index (χ0) is 13.9. The summed E-state index contributed by atoms with van der Waals surface area (Å²) in [5, 5.41) is 3.52. The number of carbonyl (C=O) groups excluding carboxylic acids is 1. The molecule has 0 spiro atoms. The maximum atomic E-state index is 10.9. The van der Waals surface area contributed by atoms with E-state index in [-0.39, 0.29) is 18.4 Å². The first-order valence-electron chi connectivity index (χ1n) is 6.78. The van der Waals surface area contributed by atoms with Gasteiger partial charge in [-0.2, -0.15) is 0 Å². The fraction of sp³-hybridized carbons (Fsp3) is 0.250. The average molecular weight is 267 g/mol. The summed E-state index contributed by atoms with van der Waals surface area (Å²) < 4.78 is 0. The molecule has 1 unspecified atom stereocenters. The molecule has 0 fully saturated rings. The number of primary amides is 1. The molecular formula is C16H17N3O. The summed E-state index contributed by atoms with van der Waals surface area (Å²) in [6.45, 7) is 0.963. The first kappa shape index (κ1) is 12.8. The Balaban J connectivity index is 1.88. The first-order chi connectivity index (χ1) is 9.74. The van der Waals surface area contributed by atoms with E-state index in [2.05, 4.69) is 34.6 Å². The molecule has 0 saturated heterocycles. The SMILES string of the molecule is NC(=O)Cc1ccc(C2NCCc3ccccc32)cn1. The number of hydrogen-bond donors (Lipinski definition) is 2. The molecule has 1 amide bonds. The van der Waals surface area contributed by atoms with Crippen LogP contribution < -0.4 is 11.1 Å². The van der Waals surface area contributed by atoms with Gasteiger partial charge in [-0.15, -0.1) is 0 Å². The predicted octanol–water partition coefficient (Wildman–Crippen LogP) is 1.34. The summed E-state index contributed by atoms with van der Waals surface area (Å²) in [6, 6.07) is 12.5. The summed E-state index contributed by atoms with van der Waals surface area (Å²) in [7, 11) is 0. The van der Waals surface area contributed by atoms with E-state index in [1.807, 2.05) is 18.3 Å². The molecule has 1 aromatic heterocycles. The number of pyridine rings is 1. The molecule has 0 aliphatic carbocycles. The third-order valence-electron chi connectivity index (χ3n) is 3.65. The highest BCUT2D eigenvalue weighted by Gasteiger charge is 2.20. The monoisotopic (exact) mass is 267 g/mol. The van der Waals surface area contributed by atoms with Gasteiger partial charge in [-0.3, -0.25) is 9.78 Å². The number of rotatable bonds is 3. The van der Waals surface area contributed by atoms with Gasteiger partial charge in [0.05, 0.1) is 12.5 Å². The van der Waals surface area contributed by atoms with Crippen molar-refractivity contribution >= 4 is 5.91 Å². The number of fused-ring (bicyclic) bond motifs is 1. The third kappa shape index (κ3) is 2.56.